The molecule has 0 radical (unpaired) electrons. The Hall–Kier alpha value is -0.850. The van der Waals surface area contributed by atoms with Crippen molar-refractivity contribution in [3.05, 3.63) is 34.3 Å². The van der Waals surface area contributed by atoms with Crippen molar-refractivity contribution in [3.8, 4) is 0 Å². The molecule has 0 saturated carbocycles. The summed E-state index contributed by atoms with van der Waals surface area (Å²) in [5.74, 6) is 2.22. The Labute approximate surface area is 68.0 Å². The molecular formula is C8H6BrN. The molecule has 1 nitrogen and oxygen atoms in total. The Morgan fingerprint density at radius 3 is 2.90 bits per heavy atom. The van der Waals surface area contributed by atoms with E-state index in [1.807, 2.05) is 24.3 Å². The zero-order chi connectivity index (χ0) is 7.40. The lowest BCUT2D eigenvalue weighted by Crippen LogP contribution is -1.69. The predicted octanol–water partition coefficient (Wildman–Crippen LogP) is 2.71. The van der Waals surface area contributed by atoms with Crippen LogP contribution in [-0.4, -0.2) is 5.87 Å². The molecular weight excluding hydrogens is 190 g/mol. The highest BCUT2D eigenvalue weighted by atomic mass is 79.9. The monoisotopic (exact) mass is 195 g/mol. The number of rotatable bonds is 1. The van der Waals surface area contributed by atoms with Gasteiger partial charge in [-0.3, -0.25) is 5.41 Å². The number of hydrogen-bond acceptors (Lipinski definition) is 1. The summed E-state index contributed by atoms with van der Waals surface area (Å²) in [5.41, 5.74) is 0.990. The van der Waals surface area contributed by atoms with Gasteiger partial charge in [0.2, 0.25) is 0 Å². The van der Waals surface area contributed by atoms with Crippen LogP contribution in [-0.2, 0) is 0 Å². The maximum absolute atomic E-state index is 6.69. The Morgan fingerprint density at radius 2 is 2.30 bits per heavy atom. The quantitative estimate of drug-likeness (QED) is 0.667. The van der Waals surface area contributed by atoms with Crippen LogP contribution in [0.4, 0.5) is 0 Å². The van der Waals surface area contributed by atoms with Gasteiger partial charge >= 0.3 is 0 Å². The van der Waals surface area contributed by atoms with E-state index < -0.39 is 0 Å². The second kappa shape index (κ2) is 3.35. The molecule has 2 heteroatoms. The molecule has 50 valence electrons. The molecule has 0 aromatic heterocycles. The summed E-state index contributed by atoms with van der Waals surface area (Å²) in [6.07, 6.45) is 1.62. The van der Waals surface area contributed by atoms with E-state index in [4.69, 9.17) is 5.41 Å². The van der Waals surface area contributed by atoms with Crippen LogP contribution in [0, 0.1) is 5.41 Å². The van der Waals surface area contributed by atoms with Gasteiger partial charge in [0, 0.05) is 10.5 Å². The first kappa shape index (κ1) is 7.26. The number of halogens is 1. The second-order valence-corrected chi connectivity index (χ2v) is 2.76. The molecule has 0 atom stereocenters. The summed E-state index contributed by atoms with van der Waals surface area (Å²) in [5, 5.41) is 6.69. The van der Waals surface area contributed by atoms with Crippen molar-refractivity contribution in [3.63, 3.8) is 0 Å². The lowest BCUT2D eigenvalue weighted by molar-refractivity contribution is 1.58. The van der Waals surface area contributed by atoms with Crippen LogP contribution >= 0.6 is 15.9 Å². The van der Waals surface area contributed by atoms with Gasteiger partial charge in [0.15, 0.2) is 0 Å². The van der Waals surface area contributed by atoms with Gasteiger partial charge in [-0.2, -0.15) is 0 Å². The Morgan fingerprint density at radius 1 is 1.50 bits per heavy atom. The highest BCUT2D eigenvalue weighted by Crippen LogP contribution is 2.11. The summed E-state index contributed by atoms with van der Waals surface area (Å²) in [7, 11) is 0. The molecule has 0 aliphatic carbocycles. The van der Waals surface area contributed by atoms with E-state index in [9.17, 15) is 0 Å². The van der Waals surface area contributed by atoms with Gasteiger partial charge in [0.05, 0.1) is 0 Å². The Bertz CT molecular complexity index is 274. The van der Waals surface area contributed by atoms with Crippen molar-refractivity contribution in [1.82, 2.24) is 0 Å². The van der Waals surface area contributed by atoms with Crippen LogP contribution in [0.15, 0.2) is 28.7 Å². The largest absolute Gasteiger partial charge is 0.259 e. The van der Waals surface area contributed by atoms with Crippen molar-refractivity contribution < 1.29 is 0 Å². The third kappa shape index (κ3) is 1.83. The molecule has 0 unspecified atom stereocenters. The Balaban J connectivity index is 3.06. The minimum Gasteiger partial charge on any atom is -0.259 e. The number of benzene rings is 1. The fraction of sp³-hybridized carbons (Fsp3) is 0. The summed E-state index contributed by atoms with van der Waals surface area (Å²) >= 11 is 3.32. The van der Waals surface area contributed by atoms with Crippen molar-refractivity contribution >= 4 is 27.9 Å². The highest BCUT2D eigenvalue weighted by Gasteiger charge is 1.86. The van der Waals surface area contributed by atoms with Crippen molar-refractivity contribution in [2.45, 2.75) is 0 Å². The lowest BCUT2D eigenvalue weighted by Gasteiger charge is -1.90. The minimum atomic E-state index is 0.990. The van der Waals surface area contributed by atoms with Gasteiger partial charge in [-0.05, 0) is 23.6 Å². The number of nitrogens with one attached hydrogen (secondary N) is 1. The van der Waals surface area contributed by atoms with E-state index in [2.05, 4.69) is 21.8 Å². The van der Waals surface area contributed by atoms with E-state index in [1.165, 1.54) is 0 Å². The maximum Gasteiger partial charge on any atom is 0.0181 e. The van der Waals surface area contributed by atoms with E-state index >= 15 is 0 Å². The zero-order valence-electron chi connectivity index (χ0n) is 5.26. The zero-order valence-corrected chi connectivity index (χ0v) is 6.85. The van der Waals surface area contributed by atoms with Crippen molar-refractivity contribution in [1.29, 1.82) is 5.41 Å². The molecule has 0 saturated heterocycles. The lowest BCUT2D eigenvalue weighted by atomic mass is 10.2. The maximum atomic E-state index is 6.69. The average molecular weight is 196 g/mol. The molecule has 1 rings (SSSR count). The first-order valence-electron chi connectivity index (χ1n) is 2.84. The van der Waals surface area contributed by atoms with Gasteiger partial charge in [0.25, 0.3) is 0 Å². The van der Waals surface area contributed by atoms with E-state index in [1.54, 1.807) is 6.08 Å². The first-order chi connectivity index (χ1) is 4.83. The SMILES string of the molecule is N=C=Cc1cccc(Br)c1. The van der Waals surface area contributed by atoms with Crippen molar-refractivity contribution in [2.75, 3.05) is 0 Å². The summed E-state index contributed by atoms with van der Waals surface area (Å²) in [4.78, 5) is 0. The van der Waals surface area contributed by atoms with E-state index in [0.29, 0.717) is 0 Å². The van der Waals surface area contributed by atoms with E-state index in [-0.39, 0.29) is 0 Å². The summed E-state index contributed by atoms with van der Waals surface area (Å²) in [6.45, 7) is 0. The molecule has 1 N–H and O–H groups in total. The van der Waals surface area contributed by atoms with Crippen LogP contribution < -0.4 is 0 Å². The van der Waals surface area contributed by atoms with Crippen LogP contribution in [0.25, 0.3) is 6.08 Å². The molecule has 1 aromatic carbocycles. The van der Waals surface area contributed by atoms with Crippen LogP contribution in [0.3, 0.4) is 0 Å². The smallest absolute Gasteiger partial charge is 0.0181 e. The number of hydrogen-bond donors (Lipinski definition) is 1. The van der Waals surface area contributed by atoms with Gasteiger partial charge in [-0.1, -0.05) is 28.1 Å². The fourth-order valence-corrected chi connectivity index (χ4v) is 1.10. The van der Waals surface area contributed by atoms with Gasteiger partial charge in [-0.25, -0.2) is 0 Å². The Kier molecular flexibility index (Phi) is 2.43. The topological polar surface area (TPSA) is 23.9 Å². The molecule has 0 aliphatic rings. The molecule has 0 fully saturated rings. The third-order valence-corrected chi connectivity index (χ3v) is 1.58. The van der Waals surface area contributed by atoms with Gasteiger partial charge < -0.3 is 0 Å². The average Bonchev–Trinajstić information content (AvgIpc) is 1.88. The van der Waals surface area contributed by atoms with Crippen LogP contribution in [0.2, 0.25) is 0 Å². The normalized spacial score (nSPS) is 8.50. The summed E-state index contributed by atoms with van der Waals surface area (Å²) < 4.78 is 1.02. The van der Waals surface area contributed by atoms with E-state index in [0.717, 1.165) is 10.0 Å². The van der Waals surface area contributed by atoms with Crippen LogP contribution in [0.1, 0.15) is 5.56 Å². The first-order valence-corrected chi connectivity index (χ1v) is 3.63. The second-order valence-electron chi connectivity index (χ2n) is 1.84. The van der Waals surface area contributed by atoms with Gasteiger partial charge in [0.1, 0.15) is 0 Å². The molecule has 0 spiro atoms. The third-order valence-electron chi connectivity index (χ3n) is 1.09. The molecule has 0 heterocycles. The standard InChI is InChI=1S/C8H6BrN/c9-8-3-1-2-7(6-8)4-5-10/h1-4,6,10H. The molecule has 10 heavy (non-hydrogen) atoms. The molecule has 0 bridgehead atoms. The van der Waals surface area contributed by atoms with Crippen molar-refractivity contribution in [2.24, 2.45) is 0 Å². The molecule has 0 aliphatic heterocycles. The van der Waals surface area contributed by atoms with Gasteiger partial charge in [-0.15, -0.1) is 0 Å². The van der Waals surface area contributed by atoms with Crippen LogP contribution in [0.5, 0.6) is 0 Å². The highest BCUT2D eigenvalue weighted by molar-refractivity contribution is 9.10. The summed E-state index contributed by atoms with van der Waals surface area (Å²) in [6, 6.07) is 7.72. The molecule has 1 aromatic rings. The fourth-order valence-electron chi connectivity index (χ4n) is 0.680. The molecule has 0 amide bonds. The minimum absolute atomic E-state index is 0.990. The predicted molar refractivity (Wildman–Crippen MR) is 46.3 cm³/mol.